The molecule has 0 spiro atoms. The number of ether oxygens (including phenoxy) is 4. The fourth-order valence-electron chi connectivity index (χ4n) is 2.50. The molecule has 1 amide bonds. The highest BCUT2D eigenvalue weighted by molar-refractivity contribution is 9.10. The van der Waals surface area contributed by atoms with Crippen LogP contribution in [0.3, 0.4) is 0 Å². The Hall–Kier alpha value is -3.13. The van der Waals surface area contributed by atoms with Crippen LogP contribution in [0.15, 0.2) is 46.9 Å². The highest BCUT2D eigenvalue weighted by atomic mass is 79.9. The normalized spacial score (nSPS) is 10.9. The minimum atomic E-state index is -0.804. The molecular formula is C23H22BrNO5. The van der Waals surface area contributed by atoms with E-state index in [1.807, 2.05) is 12.1 Å². The number of terminal acetylenes is 2. The number of nitrogens with one attached hydrogen (secondary N) is 1. The number of carbonyl (C=O) groups is 1. The zero-order valence-corrected chi connectivity index (χ0v) is 18.1. The summed E-state index contributed by atoms with van der Waals surface area (Å²) in [5.74, 6) is 6.08. The molecule has 2 rings (SSSR count). The highest BCUT2D eigenvalue weighted by Crippen LogP contribution is 2.31. The van der Waals surface area contributed by atoms with Gasteiger partial charge in [-0.15, -0.1) is 12.8 Å². The van der Waals surface area contributed by atoms with Gasteiger partial charge in [0.2, 0.25) is 0 Å². The molecule has 0 bridgehead atoms. The third-order valence-electron chi connectivity index (χ3n) is 3.86. The topological polar surface area (TPSA) is 66.0 Å². The molecule has 1 N–H and O–H groups in total. The molecule has 0 saturated carbocycles. The Morgan fingerprint density at radius 1 is 1.07 bits per heavy atom. The number of amides is 1. The Balaban J connectivity index is 1.90. The molecule has 6 nitrogen and oxygen atoms in total. The minimum Gasteiger partial charge on any atom is -0.493 e. The SMILES string of the molecule is C#CCOc1ccc(OCCNC(=O)C(OCC#C)c2ccc(Br)cc2)cc1OC. The minimum absolute atomic E-state index is 0.0263. The van der Waals surface area contributed by atoms with Crippen molar-refractivity contribution in [3.63, 3.8) is 0 Å². The number of methoxy groups -OCH3 is 1. The lowest BCUT2D eigenvalue weighted by Crippen LogP contribution is -2.34. The van der Waals surface area contributed by atoms with Crippen molar-refractivity contribution in [3.05, 3.63) is 52.5 Å². The van der Waals surface area contributed by atoms with Crippen LogP contribution in [0.5, 0.6) is 17.2 Å². The smallest absolute Gasteiger partial charge is 0.253 e. The van der Waals surface area contributed by atoms with Gasteiger partial charge in [0, 0.05) is 10.5 Å². The molecule has 0 aliphatic rings. The maximum atomic E-state index is 12.6. The predicted octanol–water partition coefficient (Wildman–Crippen LogP) is 3.36. The molecule has 30 heavy (non-hydrogen) atoms. The van der Waals surface area contributed by atoms with E-state index in [1.165, 1.54) is 7.11 Å². The lowest BCUT2D eigenvalue weighted by molar-refractivity contribution is -0.132. The Morgan fingerprint density at radius 3 is 2.47 bits per heavy atom. The van der Waals surface area contributed by atoms with Crippen LogP contribution in [0.1, 0.15) is 11.7 Å². The van der Waals surface area contributed by atoms with Crippen LogP contribution in [0.2, 0.25) is 0 Å². The van der Waals surface area contributed by atoms with Crippen molar-refractivity contribution in [2.75, 3.05) is 33.5 Å². The Morgan fingerprint density at radius 2 is 1.80 bits per heavy atom. The summed E-state index contributed by atoms with van der Waals surface area (Å²) in [6.07, 6.45) is 9.66. The van der Waals surface area contributed by atoms with E-state index in [1.54, 1.807) is 30.3 Å². The molecule has 2 aromatic carbocycles. The molecule has 1 unspecified atom stereocenters. The molecule has 0 radical (unpaired) electrons. The van der Waals surface area contributed by atoms with Gasteiger partial charge < -0.3 is 24.3 Å². The summed E-state index contributed by atoms with van der Waals surface area (Å²) in [6, 6.07) is 12.4. The first-order valence-electron chi connectivity index (χ1n) is 9.04. The van der Waals surface area contributed by atoms with Crippen molar-refractivity contribution in [3.8, 4) is 41.9 Å². The fraction of sp³-hybridized carbons (Fsp3) is 0.261. The molecule has 0 aromatic heterocycles. The van der Waals surface area contributed by atoms with Crippen molar-refractivity contribution >= 4 is 21.8 Å². The van der Waals surface area contributed by atoms with Crippen LogP contribution >= 0.6 is 15.9 Å². The monoisotopic (exact) mass is 471 g/mol. The standard InChI is InChI=1S/C23H22BrNO5/c1-4-13-29-20-11-10-19(16-21(20)27-3)28-15-12-25-23(26)22(30-14-5-2)17-6-8-18(24)9-7-17/h1-2,6-11,16,22H,12-15H2,3H3,(H,25,26). The van der Waals surface area contributed by atoms with E-state index in [0.29, 0.717) is 22.8 Å². The summed E-state index contributed by atoms with van der Waals surface area (Å²) in [5.41, 5.74) is 0.708. The van der Waals surface area contributed by atoms with Crippen molar-refractivity contribution in [1.82, 2.24) is 5.32 Å². The van der Waals surface area contributed by atoms with E-state index in [4.69, 9.17) is 31.8 Å². The molecule has 0 saturated heterocycles. The Bertz CT molecular complexity index is 915. The summed E-state index contributed by atoms with van der Waals surface area (Å²) in [7, 11) is 1.53. The largest absolute Gasteiger partial charge is 0.493 e. The number of hydrogen-bond donors (Lipinski definition) is 1. The first-order chi connectivity index (χ1) is 14.6. The zero-order chi connectivity index (χ0) is 21.8. The molecule has 2 aromatic rings. The molecule has 156 valence electrons. The van der Waals surface area contributed by atoms with Gasteiger partial charge in [-0.1, -0.05) is 39.9 Å². The average molecular weight is 472 g/mol. The Kier molecular flexibility index (Phi) is 9.60. The van der Waals surface area contributed by atoms with Gasteiger partial charge >= 0.3 is 0 Å². The number of benzene rings is 2. The fourth-order valence-corrected chi connectivity index (χ4v) is 2.77. The third kappa shape index (κ3) is 7.04. The number of rotatable bonds is 11. The summed E-state index contributed by atoms with van der Waals surface area (Å²) < 4.78 is 22.8. The van der Waals surface area contributed by atoms with E-state index < -0.39 is 6.10 Å². The van der Waals surface area contributed by atoms with E-state index in [9.17, 15) is 4.79 Å². The summed E-state index contributed by atoms with van der Waals surface area (Å²) in [5, 5.41) is 2.80. The second-order valence-electron chi connectivity index (χ2n) is 5.89. The third-order valence-corrected chi connectivity index (χ3v) is 4.39. The quantitative estimate of drug-likeness (QED) is 0.402. The van der Waals surface area contributed by atoms with Crippen molar-refractivity contribution in [2.45, 2.75) is 6.10 Å². The van der Waals surface area contributed by atoms with Crippen LogP contribution in [0.4, 0.5) is 0 Å². The average Bonchev–Trinajstić information content (AvgIpc) is 2.77. The Labute approximate surface area is 185 Å². The van der Waals surface area contributed by atoms with Crippen molar-refractivity contribution in [1.29, 1.82) is 0 Å². The van der Waals surface area contributed by atoms with Gasteiger partial charge in [0.15, 0.2) is 17.6 Å². The van der Waals surface area contributed by atoms with E-state index in [0.717, 1.165) is 4.47 Å². The first-order valence-corrected chi connectivity index (χ1v) is 9.83. The van der Waals surface area contributed by atoms with Gasteiger partial charge in [0.05, 0.1) is 13.7 Å². The van der Waals surface area contributed by atoms with Gasteiger partial charge in [0.1, 0.15) is 25.6 Å². The molecule has 0 aliphatic heterocycles. The van der Waals surface area contributed by atoms with E-state index >= 15 is 0 Å². The van der Waals surface area contributed by atoms with Gasteiger partial charge in [-0.3, -0.25) is 4.79 Å². The van der Waals surface area contributed by atoms with Crippen molar-refractivity contribution in [2.24, 2.45) is 0 Å². The van der Waals surface area contributed by atoms with Gasteiger partial charge in [-0.2, -0.15) is 0 Å². The second-order valence-corrected chi connectivity index (χ2v) is 6.81. The van der Waals surface area contributed by atoms with Crippen LogP contribution < -0.4 is 19.5 Å². The summed E-state index contributed by atoms with van der Waals surface area (Å²) >= 11 is 3.37. The molecule has 7 heteroatoms. The summed E-state index contributed by atoms with van der Waals surface area (Å²) in [6.45, 7) is 0.701. The van der Waals surface area contributed by atoms with E-state index in [-0.39, 0.29) is 32.3 Å². The molecular weight excluding hydrogens is 450 g/mol. The first kappa shape index (κ1) is 23.2. The zero-order valence-electron chi connectivity index (χ0n) is 16.5. The number of carbonyl (C=O) groups excluding carboxylic acids is 1. The highest BCUT2D eigenvalue weighted by Gasteiger charge is 2.20. The van der Waals surface area contributed by atoms with Crippen LogP contribution in [0, 0.1) is 24.7 Å². The van der Waals surface area contributed by atoms with Gasteiger partial charge in [-0.05, 0) is 29.8 Å². The van der Waals surface area contributed by atoms with Crippen molar-refractivity contribution < 1.29 is 23.7 Å². The predicted molar refractivity (Wildman–Crippen MR) is 117 cm³/mol. The molecule has 0 aliphatic carbocycles. The number of halogens is 1. The van der Waals surface area contributed by atoms with Gasteiger partial charge in [0.25, 0.3) is 5.91 Å². The lowest BCUT2D eigenvalue weighted by atomic mass is 10.1. The molecule has 0 heterocycles. The maximum absolute atomic E-state index is 12.6. The number of hydrogen-bond acceptors (Lipinski definition) is 5. The molecule has 0 fully saturated rings. The van der Waals surface area contributed by atoms with Crippen LogP contribution in [0.25, 0.3) is 0 Å². The molecule has 1 atom stereocenters. The van der Waals surface area contributed by atoms with Crippen LogP contribution in [-0.4, -0.2) is 39.4 Å². The van der Waals surface area contributed by atoms with E-state index in [2.05, 4.69) is 33.1 Å². The van der Waals surface area contributed by atoms with Gasteiger partial charge in [-0.25, -0.2) is 0 Å². The second kappa shape index (κ2) is 12.4. The maximum Gasteiger partial charge on any atom is 0.253 e. The lowest BCUT2D eigenvalue weighted by Gasteiger charge is -2.17. The van der Waals surface area contributed by atoms with Crippen LogP contribution in [-0.2, 0) is 9.53 Å². The summed E-state index contributed by atoms with van der Waals surface area (Å²) in [4.78, 5) is 12.6.